The molecule has 0 bridgehead atoms. The molecule has 1 amide bonds. The van der Waals surface area contributed by atoms with E-state index in [-0.39, 0.29) is 17.2 Å². The van der Waals surface area contributed by atoms with Crippen molar-refractivity contribution in [2.24, 2.45) is 0 Å². The number of hydrogen-bond donors (Lipinski definition) is 0. The molecule has 32 heavy (non-hydrogen) atoms. The fourth-order valence-electron chi connectivity index (χ4n) is 3.53. The first-order chi connectivity index (χ1) is 15.5. The number of nitrogens with zero attached hydrogens (tertiary/aromatic N) is 3. The van der Waals surface area contributed by atoms with Crippen LogP contribution in [0.3, 0.4) is 0 Å². The summed E-state index contributed by atoms with van der Waals surface area (Å²) in [6, 6.07) is 25.2. The van der Waals surface area contributed by atoms with Gasteiger partial charge in [0.15, 0.2) is 5.16 Å². The number of thioether (sulfide) groups is 1. The standard InChI is InChI=1S/C26H25N3O2S/c1-19-10-6-7-13-21(19)17-28(2)24(30)18-32-26-27-23-15-9-8-14-22(23)25(31)29(26)16-20-11-4-3-5-12-20/h3-15H,16-18H2,1-2H3. The number of carbonyl (C=O) groups excluding carboxylic acids is 1. The lowest BCUT2D eigenvalue weighted by Crippen LogP contribution is -2.29. The first-order valence-electron chi connectivity index (χ1n) is 10.5. The van der Waals surface area contributed by atoms with Gasteiger partial charge >= 0.3 is 0 Å². The summed E-state index contributed by atoms with van der Waals surface area (Å²) in [7, 11) is 1.81. The minimum Gasteiger partial charge on any atom is -0.341 e. The number of amides is 1. The normalized spacial score (nSPS) is 10.9. The van der Waals surface area contributed by atoms with Crippen LogP contribution in [0.15, 0.2) is 88.8 Å². The highest BCUT2D eigenvalue weighted by molar-refractivity contribution is 7.99. The third-order valence-corrected chi connectivity index (χ3v) is 6.39. The molecule has 0 radical (unpaired) electrons. The molecule has 0 spiro atoms. The van der Waals surface area contributed by atoms with Gasteiger partial charge in [0.1, 0.15) is 0 Å². The van der Waals surface area contributed by atoms with Gasteiger partial charge in [-0.15, -0.1) is 0 Å². The monoisotopic (exact) mass is 443 g/mol. The second-order valence-corrected chi connectivity index (χ2v) is 8.70. The average Bonchev–Trinajstić information content (AvgIpc) is 2.81. The maximum atomic E-state index is 13.2. The molecule has 4 rings (SSSR count). The van der Waals surface area contributed by atoms with E-state index in [1.807, 2.05) is 79.7 Å². The average molecular weight is 444 g/mol. The fraction of sp³-hybridized carbons (Fsp3) is 0.192. The quantitative estimate of drug-likeness (QED) is 0.312. The van der Waals surface area contributed by atoms with Gasteiger partial charge in [-0.3, -0.25) is 14.2 Å². The zero-order chi connectivity index (χ0) is 22.5. The lowest BCUT2D eigenvalue weighted by molar-refractivity contribution is -0.127. The van der Waals surface area contributed by atoms with Crippen molar-refractivity contribution in [2.45, 2.75) is 25.2 Å². The largest absolute Gasteiger partial charge is 0.341 e. The molecule has 1 heterocycles. The molecule has 0 aliphatic rings. The Bertz CT molecular complexity index is 1300. The van der Waals surface area contributed by atoms with Gasteiger partial charge in [0.2, 0.25) is 5.91 Å². The summed E-state index contributed by atoms with van der Waals surface area (Å²) in [4.78, 5) is 32.5. The Balaban J connectivity index is 1.57. The Morgan fingerprint density at radius 2 is 1.66 bits per heavy atom. The van der Waals surface area contributed by atoms with Gasteiger partial charge < -0.3 is 4.90 Å². The Morgan fingerprint density at radius 1 is 0.969 bits per heavy atom. The van der Waals surface area contributed by atoms with E-state index in [0.29, 0.717) is 29.1 Å². The maximum absolute atomic E-state index is 13.2. The lowest BCUT2D eigenvalue weighted by atomic mass is 10.1. The predicted octanol–water partition coefficient (Wildman–Crippen LogP) is 4.50. The molecular weight excluding hydrogens is 418 g/mol. The highest BCUT2D eigenvalue weighted by atomic mass is 32.2. The molecule has 0 aliphatic heterocycles. The highest BCUT2D eigenvalue weighted by Gasteiger charge is 2.16. The minimum absolute atomic E-state index is 0.00748. The first-order valence-corrected chi connectivity index (χ1v) is 11.5. The molecular formula is C26H25N3O2S. The van der Waals surface area contributed by atoms with E-state index in [1.165, 1.54) is 11.8 Å². The van der Waals surface area contributed by atoms with Gasteiger partial charge in [0.05, 0.1) is 23.2 Å². The van der Waals surface area contributed by atoms with Crippen LogP contribution >= 0.6 is 11.8 Å². The summed E-state index contributed by atoms with van der Waals surface area (Å²) < 4.78 is 1.66. The van der Waals surface area contributed by atoms with Crippen LogP contribution in [0.5, 0.6) is 0 Å². The topological polar surface area (TPSA) is 55.2 Å². The molecule has 0 saturated heterocycles. The smallest absolute Gasteiger partial charge is 0.262 e. The number of rotatable bonds is 7. The van der Waals surface area contributed by atoms with Gasteiger partial charge in [-0.25, -0.2) is 4.98 Å². The molecule has 1 aromatic heterocycles. The van der Waals surface area contributed by atoms with Crippen molar-refractivity contribution >= 4 is 28.6 Å². The van der Waals surface area contributed by atoms with Crippen LogP contribution in [-0.2, 0) is 17.9 Å². The van der Waals surface area contributed by atoms with Crippen LogP contribution in [0.2, 0.25) is 0 Å². The van der Waals surface area contributed by atoms with Gasteiger partial charge in [-0.1, -0.05) is 78.5 Å². The third-order valence-electron chi connectivity index (χ3n) is 5.43. The molecule has 0 aliphatic carbocycles. The van der Waals surface area contributed by atoms with Crippen molar-refractivity contribution in [1.82, 2.24) is 14.5 Å². The molecule has 0 N–H and O–H groups in total. The van der Waals surface area contributed by atoms with Gasteiger partial charge in [0.25, 0.3) is 5.56 Å². The molecule has 6 heteroatoms. The Kier molecular flexibility index (Phi) is 6.71. The number of hydrogen-bond acceptors (Lipinski definition) is 4. The van der Waals surface area contributed by atoms with E-state index in [1.54, 1.807) is 22.6 Å². The molecule has 0 unspecified atom stereocenters. The molecule has 0 atom stereocenters. The van der Waals surface area contributed by atoms with Crippen molar-refractivity contribution in [1.29, 1.82) is 0 Å². The minimum atomic E-state index is -0.0948. The SMILES string of the molecule is Cc1ccccc1CN(C)C(=O)CSc1nc2ccccc2c(=O)n1Cc1ccccc1. The van der Waals surface area contributed by atoms with Crippen molar-refractivity contribution in [3.8, 4) is 0 Å². The number of fused-ring (bicyclic) bond motifs is 1. The van der Waals surface area contributed by atoms with Crippen LogP contribution in [0.4, 0.5) is 0 Å². The predicted molar refractivity (Wildman–Crippen MR) is 130 cm³/mol. The van der Waals surface area contributed by atoms with Crippen LogP contribution in [0.1, 0.15) is 16.7 Å². The third kappa shape index (κ3) is 4.92. The zero-order valence-electron chi connectivity index (χ0n) is 18.2. The summed E-state index contributed by atoms with van der Waals surface area (Å²) in [5.74, 6) is 0.203. The number of aryl methyl sites for hydroxylation is 1. The Hall–Kier alpha value is -3.38. The van der Waals surface area contributed by atoms with Crippen molar-refractivity contribution in [3.63, 3.8) is 0 Å². The van der Waals surface area contributed by atoms with Gasteiger partial charge in [-0.05, 0) is 35.7 Å². The number of carbonyl (C=O) groups is 1. The van der Waals surface area contributed by atoms with Gasteiger partial charge in [-0.2, -0.15) is 0 Å². The van der Waals surface area contributed by atoms with Crippen LogP contribution in [0, 0.1) is 6.92 Å². The van der Waals surface area contributed by atoms with Crippen LogP contribution < -0.4 is 5.56 Å². The van der Waals surface area contributed by atoms with E-state index in [0.717, 1.165) is 16.7 Å². The second kappa shape index (κ2) is 9.83. The second-order valence-electron chi connectivity index (χ2n) is 7.75. The lowest BCUT2D eigenvalue weighted by Gasteiger charge is -2.19. The molecule has 0 fully saturated rings. The fourth-order valence-corrected chi connectivity index (χ4v) is 4.47. The molecule has 5 nitrogen and oxygen atoms in total. The van der Waals surface area contributed by atoms with Gasteiger partial charge in [0, 0.05) is 13.6 Å². The van der Waals surface area contributed by atoms with E-state index >= 15 is 0 Å². The Morgan fingerprint density at radius 3 is 2.44 bits per heavy atom. The van der Waals surface area contributed by atoms with E-state index in [2.05, 4.69) is 0 Å². The van der Waals surface area contributed by atoms with Crippen molar-refractivity contribution < 1.29 is 4.79 Å². The summed E-state index contributed by atoms with van der Waals surface area (Å²) in [5, 5.41) is 1.13. The van der Waals surface area contributed by atoms with Crippen LogP contribution in [0.25, 0.3) is 10.9 Å². The summed E-state index contributed by atoms with van der Waals surface area (Å²) in [6.45, 7) is 3.00. The number of para-hydroxylation sites is 1. The van der Waals surface area contributed by atoms with Crippen LogP contribution in [-0.4, -0.2) is 33.2 Å². The molecule has 162 valence electrons. The first kappa shape index (κ1) is 21.8. The summed E-state index contributed by atoms with van der Waals surface area (Å²) >= 11 is 1.31. The summed E-state index contributed by atoms with van der Waals surface area (Å²) in [6.07, 6.45) is 0. The highest BCUT2D eigenvalue weighted by Crippen LogP contribution is 2.20. The van der Waals surface area contributed by atoms with Crippen molar-refractivity contribution in [2.75, 3.05) is 12.8 Å². The maximum Gasteiger partial charge on any atom is 0.262 e. The van der Waals surface area contributed by atoms with E-state index < -0.39 is 0 Å². The van der Waals surface area contributed by atoms with E-state index in [9.17, 15) is 9.59 Å². The number of benzene rings is 3. The zero-order valence-corrected chi connectivity index (χ0v) is 19.0. The van der Waals surface area contributed by atoms with Crippen molar-refractivity contribution in [3.05, 3.63) is 106 Å². The molecule has 4 aromatic rings. The molecule has 0 saturated carbocycles. The summed E-state index contributed by atoms with van der Waals surface area (Å²) in [5.41, 5.74) is 3.84. The molecule has 3 aromatic carbocycles. The van der Waals surface area contributed by atoms with E-state index in [4.69, 9.17) is 4.98 Å². The number of aromatic nitrogens is 2. The Labute approximate surface area is 191 Å².